The number of para-hydroxylation sites is 1. The first-order valence-corrected chi connectivity index (χ1v) is 8.44. The van der Waals surface area contributed by atoms with E-state index >= 15 is 0 Å². The van der Waals surface area contributed by atoms with Crippen LogP contribution < -0.4 is 10.6 Å². The van der Waals surface area contributed by atoms with Crippen molar-refractivity contribution in [3.63, 3.8) is 0 Å². The van der Waals surface area contributed by atoms with Gasteiger partial charge in [0.1, 0.15) is 0 Å². The maximum Gasteiger partial charge on any atom is 0.309 e. The van der Waals surface area contributed by atoms with Gasteiger partial charge in [-0.25, -0.2) is 4.68 Å². The lowest BCUT2D eigenvalue weighted by Crippen LogP contribution is -2.38. The van der Waals surface area contributed by atoms with Gasteiger partial charge in [-0.2, -0.15) is 5.10 Å². The number of nitrogens with zero attached hydrogens (tertiary/aromatic N) is 3. The van der Waals surface area contributed by atoms with Crippen molar-refractivity contribution in [3.8, 4) is 5.69 Å². The number of rotatable bonds is 4. The molecule has 0 radical (unpaired) electrons. The Morgan fingerprint density at radius 1 is 1.29 bits per heavy atom. The smallest absolute Gasteiger partial charge is 0.309 e. The van der Waals surface area contributed by atoms with Crippen LogP contribution in [0.5, 0.6) is 0 Å². The third-order valence-corrected chi connectivity index (χ3v) is 4.50. The van der Waals surface area contributed by atoms with Crippen molar-refractivity contribution in [1.82, 2.24) is 9.78 Å². The summed E-state index contributed by atoms with van der Waals surface area (Å²) in [5.74, 6) is 0.815. The molecule has 128 valence electrons. The maximum absolute atomic E-state index is 11.9. The molecule has 2 aromatic rings. The molecule has 0 spiro atoms. The average Bonchev–Trinajstić information content (AvgIpc) is 2.91. The number of esters is 1. The van der Waals surface area contributed by atoms with Gasteiger partial charge in [-0.1, -0.05) is 18.2 Å². The summed E-state index contributed by atoms with van der Waals surface area (Å²) in [5.41, 5.74) is 8.81. The highest BCUT2D eigenvalue weighted by molar-refractivity contribution is 5.74. The second-order valence-electron chi connectivity index (χ2n) is 6.08. The third-order valence-electron chi connectivity index (χ3n) is 4.50. The molecule has 1 aliphatic heterocycles. The molecule has 0 amide bonds. The topological polar surface area (TPSA) is 73.4 Å². The molecule has 1 aromatic heterocycles. The largest absolute Gasteiger partial charge is 0.466 e. The summed E-state index contributed by atoms with van der Waals surface area (Å²) >= 11 is 0. The van der Waals surface area contributed by atoms with E-state index in [0.29, 0.717) is 12.3 Å². The zero-order valence-electron chi connectivity index (χ0n) is 14.2. The van der Waals surface area contributed by atoms with Gasteiger partial charge >= 0.3 is 5.97 Å². The zero-order chi connectivity index (χ0) is 17.1. The summed E-state index contributed by atoms with van der Waals surface area (Å²) < 4.78 is 7.04. The molecule has 24 heavy (non-hydrogen) atoms. The summed E-state index contributed by atoms with van der Waals surface area (Å²) in [7, 11) is 0. The number of carbonyl (C=O) groups excluding carboxylic acids is 1. The van der Waals surface area contributed by atoms with E-state index < -0.39 is 0 Å². The molecule has 2 heterocycles. The Morgan fingerprint density at radius 2 is 1.96 bits per heavy atom. The highest BCUT2D eigenvalue weighted by Crippen LogP contribution is 2.32. The number of ether oxygens (including phenoxy) is 1. The van der Waals surface area contributed by atoms with Crippen LogP contribution >= 0.6 is 0 Å². The van der Waals surface area contributed by atoms with Gasteiger partial charge < -0.3 is 15.4 Å². The molecule has 1 aliphatic rings. The van der Waals surface area contributed by atoms with Crippen molar-refractivity contribution in [2.24, 2.45) is 5.92 Å². The SMILES string of the molecule is CCOC(=O)C1CCN(c2c(N)c(C)nn2-c2ccccc2)CC1. The normalized spacial score (nSPS) is 15.5. The van der Waals surface area contributed by atoms with Crippen molar-refractivity contribution in [3.05, 3.63) is 36.0 Å². The highest BCUT2D eigenvalue weighted by Gasteiger charge is 2.29. The second kappa shape index (κ2) is 6.95. The first-order chi connectivity index (χ1) is 11.6. The van der Waals surface area contributed by atoms with Gasteiger partial charge in [0.25, 0.3) is 0 Å². The number of aryl methyl sites for hydroxylation is 1. The number of carbonyl (C=O) groups is 1. The maximum atomic E-state index is 11.9. The van der Waals surface area contributed by atoms with Crippen LogP contribution in [0.1, 0.15) is 25.5 Å². The Morgan fingerprint density at radius 3 is 2.58 bits per heavy atom. The molecule has 1 aromatic carbocycles. The molecule has 6 heteroatoms. The van der Waals surface area contributed by atoms with E-state index in [9.17, 15) is 4.79 Å². The third kappa shape index (κ3) is 3.09. The van der Waals surface area contributed by atoms with E-state index in [-0.39, 0.29) is 11.9 Å². The molecule has 0 atom stereocenters. The van der Waals surface area contributed by atoms with Gasteiger partial charge in [0, 0.05) is 13.1 Å². The Hall–Kier alpha value is -2.50. The average molecular weight is 328 g/mol. The minimum absolute atomic E-state index is 0.0170. The quantitative estimate of drug-likeness (QED) is 0.873. The van der Waals surface area contributed by atoms with E-state index in [1.54, 1.807) is 0 Å². The Bertz CT molecular complexity index is 703. The molecule has 0 aliphatic carbocycles. The molecule has 3 rings (SSSR count). The van der Waals surface area contributed by atoms with E-state index in [0.717, 1.165) is 43.1 Å². The van der Waals surface area contributed by atoms with Gasteiger partial charge in [-0.3, -0.25) is 4.79 Å². The van der Waals surface area contributed by atoms with Crippen LogP contribution in [0.3, 0.4) is 0 Å². The molecule has 1 saturated heterocycles. The van der Waals surface area contributed by atoms with Crippen LogP contribution in [-0.4, -0.2) is 35.4 Å². The Labute approximate surface area is 142 Å². The first-order valence-electron chi connectivity index (χ1n) is 8.44. The number of piperidine rings is 1. The summed E-state index contributed by atoms with van der Waals surface area (Å²) in [6.07, 6.45) is 1.55. The van der Waals surface area contributed by atoms with Crippen LogP contribution in [0.25, 0.3) is 5.69 Å². The number of hydrogen-bond donors (Lipinski definition) is 1. The molecule has 2 N–H and O–H groups in total. The van der Waals surface area contributed by atoms with Crippen molar-refractivity contribution in [1.29, 1.82) is 0 Å². The summed E-state index contributed by atoms with van der Waals surface area (Å²) in [4.78, 5) is 14.1. The van der Waals surface area contributed by atoms with E-state index in [1.807, 2.05) is 48.9 Å². The van der Waals surface area contributed by atoms with Crippen LogP contribution in [0.15, 0.2) is 30.3 Å². The fourth-order valence-corrected chi connectivity index (χ4v) is 3.17. The minimum Gasteiger partial charge on any atom is -0.466 e. The van der Waals surface area contributed by atoms with Crippen molar-refractivity contribution >= 4 is 17.5 Å². The van der Waals surface area contributed by atoms with Crippen molar-refractivity contribution in [2.75, 3.05) is 30.3 Å². The first kappa shape index (κ1) is 16.4. The monoisotopic (exact) mass is 328 g/mol. The van der Waals surface area contributed by atoms with Crippen LogP contribution in [0.4, 0.5) is 11.5 Å². The standard InChI is InChI=1S/C18H24N4O2/c1-3-24-18(23)14-9-11-21(12-10-14)17-16(19)13(2)20-22(17)15-7-5-4-6-8-15/h4-8,14H,3,9-12,19H2,1-2H3. The Kier molecular flexibility index (Phi) is 4.74. The molecular formula is C18H24N4O2. The van der Waals surface area contributed by atoms with Gasteiger partial charge in [-0.05, 0) is 38.8 Å². The van der Waals surface area contributed by atoms with E-state index in [1.165, 1.54) is 0 Å². The van der Waals surface area contributed by atoms with E-state index in [4.69, 9.17) is 10.5 Å². The fourth-order valence-electron chi connectivity index (χ4n) is 3.17. The molecule has 1 fully saturated rings. The van der Waals surface area contributed by atoms with Gasteiger partial charge in [-0.15, -0.1) is 0 Å². The van der Waals surface area contributed by atoms with Crippen molar-refractivity contribution < 1.29 is 9.53 Å². The van der Waals surface area contributed by atoms with Crippen LogP contribution in [-0.2, 0) is 9.53 Å². The molecule has 0 unspecified atom stereocenters. The lowest BCUT2D eigenvalue weighted by Gasteiger charge is -2.33. The number of nitrogen functional groups attached to an aromatic ring is 1. The van der Waals surface area contributed by atoms with Crippen molar-refractivity contribution in [2.45, 2.75) is 26.7 Å². The minimum atomic E-state index is -0.0853. The van der Waals surface area contributed by atoms with Crippen LogP contribution in [0, 0.1) is 12.8 Å². The van der Waals surface area contributed by atoms with Gasteiger partial charge in [0.15, 0.2) is 5.82 Å². The number of aromatic nitrogens is 2. The molecule has 0 bridgehead atoms. The lowest BCUT2D eigenvalue weighted by molar-refractivity contribution is -0.148. The second-order valence-corrected chi connectivity index (χ2v) is 6.08. The van der Waals surface area contributed by atoms with Gasteiger partial charge in [0.05, 0.1) is 29.6 Å². The summed E-state index contributed by atoms with van der Waals surface area (Å²) in [6.45, 7) is 5.74. The zero-order valence-corrected chi connectivity index (χ0v) is 14.2. The van der Waals surface area contributed by atoms with E-state index in [2.05, 4.69) is 10.00 Å². The fraction of sp³-hybridized carbons (Fsp3) is 0.444. The highest BCUT2D eigenvalue weighted by atomic mass is 16.5. The Balaban J connectivity index is 1.82. The summed E-state index contributed by atoms with van der Waals surface area (Å²) in [5, 5.41) is 4.60. The number of anilines is 2. The summed E-state index contributed by atoms with van der Waals surface area (Å²) in [6, 6.07) is 9.98. The number of hydrogen-bond acceptors (Lipinski definition) is 5. The van der Waals surface area contributed by atoms with Gasteiger partial charge in [0.2, 0.25) is 0 Å². The molecule has 0 saturated carbocycles. The molecular weight excluding hydrogens is 304 g/mol. The number of benzene rings is 1. The molecule has 6 nitrogen and oxygen atoms in total. The predicted molar refractivity (Wildman–Crippen MR) is 94.3 cm³/mol. The van der Waals surface area contributed by atoms with Crippen LogP contribution in [0.2, 0.25) is 0 Å². The number of nitrogens with two attached hydrogens (primary N) is 1. The lowest BCUT2D eigenvalue weighted by atomic mass is 9.97. The predicted octanol–water partition coefficient (Wildman–Crippen LogP) is 2.54.